The molecule has 9 nitrogen and oxygen atoms in total. The van der Waals surface area contributed by atoms with E-state index in [1.807, 2.05) is 0 Å². The molecule has 0 saturated carbocycles. The first-order valence-electron chi connectivity index (χ1n) is 17.3. The van der Waals surface area contributed by atoms with Crippen LogP contribution >= 0.6 is 64.3 Å². The Labute approximate surface area is 318 Å². The first kappa shape index (κ1) is 48.0. The van der Waals surface area contributed by atoms with Gasteiger partial charge in [-0.05, 0) is 115 Å². The van der Waals surface area contributed by atoms with E-state index in [0.29, 0.717) is 32.0 Å². The molecule has 294 valence electrons. The summed E-state index contributed by atoms with van der Waals surface area (Å²) in [4.78, 5) is 0. The van der Waals surface area contributed by atoms with Crippen LogP contribution in [0.4, 0.5) is 0 Å². The van der Waals surface area contributed by atoms with E-state index < -0.39 is 0 Å². The van der Waals surface area contributed by atoms with Gasteiger partial charge in [0.25, 0.3) is 0 Å². The van der Waals surface area contributed by atoms with Crippen molar-refractivity contribution in [1.82, 2.24) is 0 Å². The van der Waals surface area contributed by atoms with Crippen molar-refractivity contribution in [3.05, 3.63) is 42.3 Å². The molecule has 0 radical (unpaired) electrons. The second-order valence-corrected chi connectivity index (χ2v) is 23.6. The fourth-order valence-electron chi connectivity index (χ4n) is 4.62. The minimum atomic E-state index is -0.179. The van der Waals surface area contributed by atoms with Crippen molar-refractivity contribution in [3.8, 4) is 0 Å². The molecule has 6 N–H and O–H groups in total. The van der Waals surface area contributed by atoms with Gasteiger partial charge in [0.1, 0.15) is 0 Å². The first-order chi connectivity index (χ1) is 23.3. The zero-order valence-electron chi connectivity index (χ0n) is 30.7. The van der Waals surface area contributed by atoms with Gasteiger partial charge < -0.3 is 35.3 Å². The molecule has 6 fully saturated rings. The molecule has 0 spiro atoms. The molecule has 0 aromatic rings. The van der Waals surface area contributed by atoms with Gasteiger partial charge >= 0.3 is 0 Å². The summed E-state index contributed by atoms with van der Waals surface area (Å²) in [6, 6.07) is 0. The second-order valence-electron chi connectivity index (χ2n) is 12.3. The molecule has 6 heterocycles. The Morgan fingerprint density at radius 3 is 1.27 bits per heavy atom. The van der Waals surface area contributed by atoms with Crippen LogP contribution in [0, 0.1) is 42.3 Å². The molecular weight excluding hydrogens is 733 g/mol. The van der Waals surface area contributed by atoms with Crippen LogP contribution < -0.4 is 25.8 Å². The topological polar surface area (TPSA) is 54.3 Å². The van der Waals surface area contributed by atoms with Crippen molar-refractivity contribution in [2.75, 3.05) is 94.6 Å². The quantitative estimate of drug-likeness (QED) is 0.133. The lowest BCUT2D eigenvalue weighted by molar-refractivity contribution is -0.736. The zero-order chi connectivity index (χ0) is 36.6. The highest BCUT2D eigenvalue weighted by Crippen LogP contribution is 2.08. The Balaban J connectivity index is 0.000000294. The van der Waals surface area contributed by atoms with Crippen molar-refractivity contribution < 1.29 is 39.5 Å². The summed E-state index contributed by atoms with van der Waals surface area (Å²) in [5.74, 6) is 29.7. The smallest absolute Gasteiger partial charge is 0.167 e. The van der Waals surface area contributed by atoms with Gasteiger partial charge in [-0.25, -0.2) is 0 Å². The maximum atomic E-state index is 5.24. The second kappa shape index (κ2) is 29.3. The highest BCUT2D eigenvalue weighted by atomic mass is 32.2. The van der Waals surface area contributed by atoms with Gasteiger partial charge in [0, 0.05) is 36.0 Å². The Kier molecular flexibility index (Phi) is 28.7. The lowest BCUT2D eigenvalue weighted by Gasteiger charge is -2.27. The molecule has 6 aliphatic heterocycles. The summed E-state index contributed by atoms with van der Waals surface area (Å²) in [6.45, 7) is 9.97. The predicted octanol–water partition coefficient (Wildman–Crippen LogP) is -1.59. The van der Waals surface area contributed by atoms with Gasteiger partial charge in [0.15, 0.2) is 6.73 Å². The fraction of sp³-hybridized carbons (Fsp3) is 0.647. The molecule has 0 aromatic carbocycles. The molecule has 0 amide bonds. The van der Waals surface area contributed by atoms with Crippen molar-refractivity contribution >= 4 is 99.5 Å². The van der Waals surface area contributed by atoms with Crippen LogP contribution in [0.25, 0.3) is 0 Å². The van der Waals surface area contributed by atoms with E-state index in [2.05, 4.69) is 77.5 Å². The SMILES string of the molecule is C=S1CCCCC[NH+]1[CH2-].C=S1CCCC[NH+]1[CH2-].C=S1CCC[NH+]1[CH2-].C=S1CCOCC[NH+]1[CH2-].C=S1CCOC[NH+]1[CH2-].C=S1OCCC[NH+]1[CH2-]. The Morgan fingerprint density at radius 2 is 0.796 bits per heavy atom. The Hall–Kier alpha value is 0.960. The average molecular weight is 807 g/mol. The molecule has 15 heteroatoms. The number of nitrogens with one attached hydrogen (secondary N) is 6. The number of quaternary nitrogens is 6. The van der Waals surface area contributed by atoms with E-state index in [1.165, 1.54) is 92.6 Å². The summed E-state index contributed by atoms with van der Waals surface area (Å²) < 4.78 is 23.3. The third-order valence-electron chi connectivity index (χ3n) is 8.21. The molecule has 0 aliphatic carbocycles. The van der Waals surface area contributed by atoms with Crippen LogP contribution in [0.5, 0.6) is 0 Å². The summed E-state index contributed by atoms with van der Waals surface area (Å²) in [5, 5.41) is 0. The third-order valence-corrected chi connectivity index (χ3v) is 18.2. The summed E-state index contributed by atoms with van der Waals surface area (Å²) in [5.41, 5.74) is 0. The van der Waals surface area contributed by atoms with Crippen LogP contribution in [0.2, 0.25) is 0 Å². The molecule has 0 aromatic heterocycles. The number of hydrogen-bond donors (Lipinski definition) is 6. The largest absolute Gasteiger partial charge is 0.414 e. The van der Waals surface area contributed by atoms with Crippen LogP contribution in [0.1, 0.15) is 44.9 Å². The van der Waals surface area contributed by atoms with Crippen molar-refractivity contribution in [3.63, 3.8) is 0 Å². The number of ether oxygens (including phenoxy) is 2. The monoisotopic (exact) mass is 806 g/mol. The lowest BCUT2D eigenvalue weighted by atomic mass is 10.2. The first-order valence-corrected chi connectivity index (χ1v) is 26.4. The van der Waals surface area contributed by atoms with Crippen molar-refractivity contribution in [2.24, 2.45) is 0 Å². The molecule has 49 heavy (non-hydrogen) atoms. The van der Waals surface area contributed by atoms with E-state index in [1.54, 1.807) is 0 Å². The molecule has 6 aliphatic rings. The van der Waals surface area contributed by atoms with E-state index in [-0.39, 0.29) is 32.3 Å². The number of hydrogen-bond acceptors (Lipinski definition) is 3. The van der Waals surface area contributed by atoms with E-state index in [0.717, 1.165) is 72.8 Å². The lowest BCUT2D eigenvalue weighted by Crippen LogP contribution is -3.02. The van der Waals surface area contributed by atoms with Crippen LogP contribution in [0.3, 0.4) is 0 Å². The standard InChI is InChI=1S/C7H15NS.C6H13NOS.C6H13NS.2C5H11NOS.C5H11NS/c1-8-6-4-3-5-7-9(8)2;1-7-3-4-8-5-6-9(7)2;1-7-5-3-4-6-8(7)2;1-6-5-7-3-4-8(6)2;1-6-4-3-5-7-8(6)2;1-6-4-3-5-7(6)2/h8H,1-7H2;7H,1-6H2;7H,1-6H2;2*6H,1-5H2;6H,1-5H2. The molecule has 6 rings (SSSR count). The maximum Gasteiger partial charge on any atom is 0.167 e. The zero-order valence-corrected chi connectivity index (χ0v) is 35.6. The maximum absolute atomic E-state index is 5.24. The normalized spacial score (nSPS) is 39.3. The van der Waals surface area contributed by atoms with Gasteiger partial charge in [0.2, 0.25) is 0 Å². The van der Waals surface area contributed by atoms with Crippen molar-refractivity contribution in [1.29, 1.82) is 0 Å². The molecule has 0 bridgehead atoms. The molecule has 12 unspecified atom stereocenters. The van der Waals surface area contributed by atoms with Gasteiger partial charge in [-0.3, -0.25) is 4.18 Å². The summed E-state index contributed by atoms with van der Waals surface area (Å²) >= 11 is 0. The molecule has 12 atom stereocenters. The van der Waals surface area contributed by atoms with E-state index in [9.17, 15) is 0 Å². The van der Waals surface area contributed by atoms with Crippen LogP contribution in [-0.4, -0.2) is 130 Å². The summed E-state index contributed by atoms with van der Waals surface area (Å²) in [7, 11) is 24.6. The predicted molar refractivity (Wildman–Crippen MR) is 235 cm³/mol. The van der Waals surface area contributed by atoms with Gasteiger partial charge in [-0.2, -0.15) is 0 Å². The Bertz CT molecular complexity index is 949. The highest BCUT2D eigenvalue weighted by molar-refractivity contribution is 8.09. The fourth-order valence-corrected chi connectivity index (χ4v) is 11.1. The van der Waals surface area contributed by atoms with Gasteiger partial charge in [0.05, 0.1) is 81.6 Å². The Morgan fingerprint density at radius 1 is 0.367 bits per heavy atom. The molecular formula is C34H74N6O3S6. The van der Waals surface area contributed by atoms with Gasteiger partial charge in [-0.15, -0.1) is 42.3 Å². The minimum Gasteiger partial charge on any atom is -0.414 e. The minimum absolute atomic E-state index is 0.178. The van der Waals surface area contributed by atoms with Crippen molar-refractivity contribution in [2.45, 2.75) is 44.9 Å². The van der Waals surface area contributed by atoms with E-state index >= 15 is 0 Å². The number of rotatable bonds is 0. The van der Waals surface area contributed by atoms with E-state index in [4.69, 9.17) is 13.7 Å². The highest BCUT2D eigenvalue weighted by Gasteiger charge is 2.10. The average Bonchev–Trinajstić information content (AvgIpc) is 3.22. The molecule has 6 saturated heterocycles. The summed E-state index contributed by atoms with van der Waals surface area (Å²) in [6.07, 6.45) is 9.26. The van der Waals surface area contributed by atoms with Crippen LogP contribution in [-0.2, 0) is 13.7 Å². The van der Waals surface area contributed by atoms with Gasteiger partial charge in [-0.1, -0.05) is 0 Å². The third kappa shape index (κ3) is 23.4. The van der Waals surface area contributed by atoms with Crippen LogP contribution in [0.15, 0.2) is 0 Å².